The van der Waals surface area contributed by atoms with Crippen LogP contribution in [0.4, 0.5) is 0 Å². The Bertz CT molecular complexity index is 391. The summed E-state index contributed by atoms with van der Waals surface area (Å²) in [5.74, 6) is 0.873. The third kappa shape index (κ3) is 3.81. The van der Waals surface area contributed by atoms with Crippen LogP contribution in [0.25, 0.3) is 0 Å². The van der Waals surface area contributed by atoms with Gasteiger partial charge in [0.2, 0.25) is 0 Å². The Kier molecular flexibility index (Phi) is 5.58. The maximum absolute atomic E-state index is 10.8. The van der Waals surface area contributed by atoms with Gasteiger partial charge in [0.05, 0.1) is 0 Å². The average Bonchev–Trinajstić information content (AvgIpc) is 2.46. The van der Waals surface area contributed by atoms with Gasteiger partial charge in [-0.3, -0.25) is 0 Å². The zero-order chi connectivity index (χ0) is 14.4. The molecule has 3 N–H and O–H groups in total. The Labute approximate surface area is 122 Å². The number of hydrogen-bond acceptors (Lipinski definition) is 3. The first-order valence-electron chi connectivity index (χ1n) is 7.88. The van der Waals surface area contributed by atoms with E-state index >= 15 is 0 Å². The first-order chi connectivity index (χ1) is 9.68. The molecule has 0 radical (unpaired) electrons. The smallest absolute Gasteiger partial charge is 0.103 e. The molecule has 0 amide bonds. The molecule has 0 aliphatic heterocycles. The molecular weight excluding hydrogens is 248 g/mol. The number of nitrogens with two attached hydrogens (primary N) is 1. The van der Waals surface area contributed by atoms with Crippen molar-refractivity contribution in [3.8, 4) is 0 Å². The molecule has 1 aliphatic carbocycles. The zero-order valence-corrected chi connectivity index (χ0v) is 12.6. The van der Waals surface area contributed by atoms with Crippen LogP contribution in [0.1, 0.15) is 38.2 Å². The van der Waals surface area contributed by atoms with Gasteiger partial charge in [-0.05, 0) is 37.3 Å². The van der Waals surface area contributed by atoms with Crippen molar-refractivity contribution in [1.82, 2.24) is 4.90 Å². The monoisotopic (exact) mass is 276 g/mol. The Balaban J connectivity index is 1.91. The molecule has 1 unspecified atom stereocenters. The van der Waals surface area contributed by atoms with Crippen LogP contribution < -0.4 is 5.73 Å². The van der Waals surface area contributed by atoms with Crippen LogP contribution in [-0.4, -0.2) is 36.2 Å². The highest BCUT2D eigenvalue weighted by molar-refractivity contribution is 5.22. The summed E-state index contributed by atoms with van der Waals surface area (Å²) in [6.45, 7) is 5.61. The second-order valence-electron chi connectivity index (χ2n) is 6.04. The van der Waals surface area contributed by atoms with Gasteiger partial charge in [-0.15, -0.1) is 0 Å². The molecule has 1 aliphatic rings. The van der Waals surface area contributed by atoms with Gasteiger partial charge in [0.1, 0.15) is 5.60 Å². The van der Waals surface area contributed by atoms with Crippen LogP contribution in [0.3, 0.4) is 0 Å². The number of rotatable bonds is 8. The topological polar surface area (TPSA) is 49.5 Å². The summed E-state index contributed by atoms with van der Waals surface area (Å²) in [4.78, 5) is 2.45. The summed E-state index contributed by atoms with van der Waals surface area (Å²) >= 11 is 0. The molecule has 1 saturated carbocycles. The fraction of sp³-hybridized carbons (Fsp3) is 0.647. The second kappa shape index (κ2) is 7.21. The summed E-state index contributed by atoms with van der Waals surface area (Å²) in [7, 11) is 0. The van der Waals surface area contributed by atoms with Gasteiger partial charge in [-0.1, -0.05) is 43.7 Å². The minimum Gasteiger partial charge on any atom is -0.384 e. The molecule has 2 rings (SSSR count). The van der Waals surface area contributed by atoms with Crippen LogP contribution >= 0.6 is 0 Å². The lowest BCUT2D eigenvalue weighted by Crippen LogP contribution is -2.40. The van der Waals surface area contributed by atoms with Crippen molar-refractivity contribution in [3.63, 3.8) is 0 Å². The van der Waals surface area contributed by atoms with Gasteiger partial charge in [0, 0.05) is 19.6 Å². The van der Waals surface area contributed by atoms with E-state index < -0.39 is 5.60 Å². The molecule has 0 heterocycles. The highest BCUT2D eigenvalue weighted by Crippen LogP contribution is 2.28. The van der Waals surface area contributed by atoms with Gasteiger partial charge < -0.3 is 15.7 Å². The summed E-state index contributed by atoms with van der Waals surface area (Å²) in [5, 5.41) is 10.8. The van der Waals surface area contributed by atoms with Crippen molar-refractivity contribution in [2.45, 2.75) is 38.2 Å². The maximum atomic E-state index is 10.8. The molecule has 0 bridgehead atoms. The molecule has 0 aromatic heterocycles. The lowest BCUT2D eigenvalue weighted by Gasteiger charge is -2.34. The summed E-state index contributed by atoms with van der Waals surface area (Å²) in [5.41, 5.74) is 5.87. The van der Waals surface area contributed by atoms with Crippen LogP contribution in [-0.2, 0) is 5.60 Å². The molecule has 0 saturated heterocycles. The van der Waals surface area contributed by atoms with E-state index in [1.54, 1.807) is 0 Å². The fourth-order valence-electron chi connectivity index (χ4n) is 2.87. The van der Waals surface area contributed by atoms with Gasteiger partial charge in [0.15, 0.2) is 0 Å². The van der Waals surface area contributed by atoms with Crippen molar-refractivity contribution >= 4 is 0 Å². The van der Waals surface area contributed by atoms with Crippen molar-refractivity contribution in [1.29, 1.82) is 0 Å². The van der Waals surface area contributed by atoms with Crippen LogP contribution in [0, 0.1) is 5.92 Å². The first kappa shape index (κ1) is 15.5. The molecule has 3 nitrogen and oxygen atoms in total. The predicted molar refractivity (Wildman–Crippen MR) is 83.5 cm³/mol. The van der Waals surface area contributed by atoms with E-state index in [-0.39, 0.29) is 6.54 Å². The zero-order valence-electron chi connectivity index (χ0n) is 12.6. The average molecular weight is 276 g/mol. The quantitative estimate of drug-likeness (QED) is 0.766. The molecule has 1 aromatic rings. The molecule has 112 valence electrons. The Morgan fingerprint density at radius 3 is 2.50 bits per heavy atom. The van der Waals surface area contributed by atoms with Gasteiger partial charge in [-0.2, -0.15) is 0 Å². The fourth-order valence-corrected chi connectivity index (χ4v) is 2.87. The van der Waals surface area contributed by atoms with E-state index in [4.69, 9.17) is 5.73 Å². The van der Waals surface area contributed by atoms with E-state index in [0.717, 1.165) is 24.6 Å². The van der Waals surface area contributed by atoms with E-state index in [0.29, 0.717) is 6.42 Å². The minimum absolute atomic E-state index is 0.276. The van der Waals surface area contributed by atoms with E-state index in [9.17, 15) is 5.11 Å². The highest BCUT2D eigenvalue weighted by Gasteiger charge is 2.28. The third-order valence-corrected chi connectivity index (χ3v) is 4.68. The Hall–Kier alpha value is -0.900. The Morgan fingerprint density at radius 1 is 1.30 bits per heavy atom. The number of hydrogen-bond donors (Lipinski definition) is 2. The van der Waals surface area contributed by atoms with Gasteiger partial charge in [-0.25, -0.2) is 0 Å². The largest absolute Gasteiger partial charge is 0.384 e. The molecule has 20 heavy (non-hydrogen) atoms. The van der Waals surface area contributed by atoms with Crippen molar-refractivity contribution < 1.29 is 5.11 Å². The molecule has 3 heteroatoms. The molecule has 0 spiro atoms. The van der Waals surface area contributed by atoms with Crippen molar-refractivity contribution in [3.05, 3.63) is 35.9 Å². The number of aliphatic hydroxyl groups is 1. The maximum Gasteiger partial charge on any atom is 0.103 e. The van der Waals surface area contributed by atoms with Crippen LogP contribution in [0.5, 0.6) is 0 Å². The van der Waals surface area contributed by atoms with Crippen LogP contribution in [0.2, 0.25) is 0 Å². The predicted octanol–water partition coefficient (Wildman–Crippen LogP) is 2.34. The first-order valence-corrected chi connectivity index (χ1v) is 7.88. The van der Waals surface area contributed by atoms with E-state index in [1.807, 2.05) is 30.3 Å². The summed E-state index contributed by atoms with van der Waals surface area (Å²) in [6, 6.07) is 9.82. The highest BCUT2D eigenvalue weighted by atomic mass is 16.3. The van der Waals surface area contributed by atoms with Crippen LogP contribution in [0.15, 0.2) is 30.3 Å². The van der Waals surface area contributed by atoms with E-state index in [1.165, 1.54) is 25.8 Å². The minimum atomic E-state index is -0.895. The SMILES string of the molecule is CCN(CCC(O)(CN)c1ccccc1)CC1CCC1. The van der Waals surface area contributed by atoms with Gasteiger partial charge in [0.25, 0.3) is 0 Å². The normalized spacial score (nSPS) is 18.8. The van der Waals surface area contributed by atoms with Crippen molar-refractivity contribution in [2.75, 3.05) is 26.2 Å². The molecule has 1 aromatic carbocycles. The van der Waals surface area contributed by atoms with Gasteiger partial charge >= 0.3 is 0 Å². The standard InChI is InChI=1S/C17H28N2O/c1-2-19(13-15-7-6-8-15)12-11-17(20,14-18)16-9-4-3-5-10-16/h3-5,9-10,15,20H,2,6-8,11-14,18H2,1H3. The molecule has 1 fully saturated rings. The lowest BCUT2D eigenvalue weighted by atomic mass is 9.84. The molecular formula is C17H28N2O. The second-order valence-corrected chi connectivity index (χ2v) is 6.04. The van der Waals surface area contributed by atoms with Crippen molar-refractivity contribution in [2.24, 2.45) is 11.7 Å². The van der Waals surface area contributed by atoms with E-state index in [2.05, 4.69) is 11.8 Å². The Morgan fingerprint density at radius 2 is 2.00 bits per heavy atom. The number of benzene rings is 1. The number of nitrogens with zero attached hydrogens (tertiary/aromatic N) is 1. The summed E-state index contributed by atoms with van der Waals surface area (Å²) < 4.78 is 0. The molecule has 1 atom stereocenters. The summed E-state index contributed by atoms with van der Waals surface area (Å²) in [6.07, 6.45) is 4.83. The third-order valence-electron chi connectivity index (χ3n) is 4.68. The lowest BCUT2D eigenvalue weighted by molar-refractivity contribution is 0.0231.